The number of benzene rings is 1. The molecule has 0 spiro atoms. The molecule has 0 amide bonds. The van der Waals surface area contributed by atoms with Crippen molar-refractivity contribution in [1.82, 2.24) is 4.90 Å². The largest absolute Gasteiger partial charge is 0.497 e. The maximum Gasteiger partial charge on any atom is 0.118 e. The monoisotopic (exact) mass is 263 g/mol. The SMILES string of the molecule is COc1ccc(C2(O)CC3COCC(C2)N3C)cc1. The lowest BCUT2D eigenvalue weighted by Crippen LogP contribution is -2.59. The third-order valence-electron chi connectivity index (χ3n) is 4.55. The topological polar surface area (TPSA) is 41.9 Å². The van der Waals surface area contributed by atoms with E-state index < -0.39 is 5.60 Å². The molecule has 2 saturated heterocycles. The predicted molar refractivity (Wildman–Crippen MR) is 72.3 cm³/mol. The lowest BCUT2D eigenvalue weighted by Gasteiger charge is -2.50. The minimum atomic E-state index is -0.738. The molecule has 2 aliphatic heterocycles. The molecule has 0 saturated carbocycles. The maximum absolute atomic E-state index is 11.0. The average molecular weight is 263 g/mol. The molecule has 3 rings (SSSR count). The summed E-state index contributed by atoms with van der Waals surface area (Å²) in [5, 5.41) is 11.0. The van der Waals surface area contributed by atoms with Gasteiger partial charge in [0.15, 0.2) is 0 Å². The number of nitrogens with zero attached hydrogens (tertiary/aromatic N) is 1. The summed E-state index contributed by atoms with van der Waals surface area (Å²) < 4.78 is 10.8. The smallest absolute Gasteiger partial charge is 0.118 e. The third-order valence-corrected chi connectivity index (χ3v) is 4.55. The molecule has 0 aromatic heterocycles. The Morgan fingerprint density at radius 2 is 1.79 bits per heavy atom. The minimum Gasteiger partial charge on any atom is -0.497 e. The van der Waals surface area contributed by atoms with E-state index >= 15 is 0 Å². The molecule has 2 atom stereocenters. The number of hydrogen-bond donors (Lipinski definition) is 1. The summed E-state index contributed by atoms with van der Waals surface area (Å²) >= 11 is 0. The number of fused-ring (bicyclic) bond motifs is 2. The number of piperidine rings is 1. The van der Waals surface area contributed by atoms with Crippen molar-refractivity contribution in [2.45, 2.75) is 30.5 Å². The standard InChI is InChI=1S/C15H21NO3/c1-16-12-7-15(17,8-13(16)10-19-9-12)11-3-5-14(18-2)6-4-11/h3-6,12-13,17H,7-10H2,1-2H3. The molecule has 19 heavy (non-hydrogen) atoms. The van der Waals surface area contributed by atoms with Crippen molar-refractivity contribution in [1.29, 1.82) is 0 Å². The highest BCUT2D eigenvalue weighted by Gasteiger charge is 2.45. The van der Waals surface area contributed by atoms with Crippen LogP contribution < -0.4 is 4.74 Å². The van der Waals surface area contributed by atoms with Gasteiger partial charge in [-0.15, -0.1) is 0 Å². The first-order chi connectivity index (χ1) is 9.12. The first kappa shape index (κ1) is 12.9. The molecule has 2 heterocycles. The zero-order chi connectivity index (χ0) is 13.5. The number of methoxy groups -OCH3 is 1. The lowest BCUT2D eigenvalue weighted by molar-refractivity contribution is -0.137. The van der Waals surface area contributed by atoms with Crippen LogP contribution in [0.25, 0.3) is 0 Å². The Labute approximate surface area is 113 Å². The summed E-state index contributed by atoms with van der Waals surface area (Å²) in [5.74, 6) is 0.823. The van der Waals surface area contributed by atoms with Gasteiger partial charge in [-0.25, -0.2) is 0 Å². The first-order valence-corrected chi connectivity index (χ1v) is 6.79. The molecule has 2 unspecified atom stereocenters. The Kier molecular flexibility index (Phi) is 3.25. The molecule has 1 N–H and O–H groups in total. The number of hydrogen-bond acceptors (Lipinski definition) is 4. The molecule has 1 aromatic carbocycles. The second-order valence-electron chi connectivity index (χ2n) is 5.68. The molecule has 2 fully saturated rings. The average Bonchev–Trinajstić information content (AvgIpc) is 2.41. The third kappa shape index (κ3) is 2.24. The van der Waals surface area contributed by atoms with Crippen molar-refractivity contribution >= 4 is 0 Å². The van der Waals surface area contributed by atoms with Crippen LogP contribution in [0.3, 0.4) is 0 Å². The minimum absolute atomic E-state index is 0.305. The van der Waals surface area contributed by atoms with Crippen molar-refractivity contribution in [3.8, 4) is 5.75 Å². The van der Waals surface area contributed by atoms with Crippen LogP contribution in [0.4, 0.5) is 0 Å². The fraction of sp³-hybridized carbons (Fsp3) is 0.600. The number of likely N-dealkylation sites (N-methyl/N-ethyl adjacent to an activating group) is 1. The van der Waals surface area contributed by atoms with Gasteiger partial charge in [0, 0.05) is 12.1 Å². The van der Waals surface area contributed by atoms with Crippen molar-refractivity contribution in [3.05, 3.63) is 29.8 Å². The van der Waals surface area contributed by atoms with Crippen LogP contribution in [0, 0.1) is 0 Å². The van der Waals surface area contributed by atoms with Gasteiger partial charge in [0.2, 0.25) is 0 Å². The van der Waals surface area contributed by atoms with Gasteiger partial charge in [-0.05, 0) is 37.6 Å². The molecular formula is C15H21NO3. The Morgan fingerprint density at radius 1 is 1.21 bits per heavy atom. The van der Waals surface area contributed by atoms with Gasteiger partial charge in [-0.2, -0.15) is 0 Å². The highest BCUT2D eigenvalue weighted by Crippen LogP contribution is 2.40. The molecular weight excluding hydrogens is 242 g/mol. The van der Waals surface area contributed by atoms with E-state index in [0.29, 0.717) is 25.3 Å². The second kappa shape index (κ2) is 4.78. The van der Waals surface area contributed by atoms with Crippen molar-refractivity contribution < 1.29 is 14.6 Å². The molecule has 2 aliphatic rings. The van der Waals surface area contributed by atoms with E-state index in [2.05, 4.69) is 11.9 Å². The van der Waals surface area contributed by atoms with Gasteiger partial charge in [-0.1, -0.05) is 12.1 Å². The van der Waals surface area contributed by atoms with E-state index in [0.717, 1.165) is 24.2 Å². The Balaban J connectivity index is 1.86. The van der Waals surface area contributed by atoms with Crippen LogP contribution in [0.5, 0.6) is 5.75 Å². The quantitative estimate of drug-likeness (QED) is 0.875. The van der Waals surface area contributed by atoms with Crippen LogP contribution in [-0.2, 0) is 10.3 Å². The summed E-state index contributed by atoms with van der Waals surface area (Å²) in [6.45, 7) is 1.43. The summed E-state index contributed by atoms with van der Waals surface area (Å²) in [6, 6.07) is 8.39. The molecule has 1 aromatic rings. The number of rotatable bonds is 2. The van der Waals surface area contributed by atoms with Gasteiger partial charge >= 0.3 is 0 Å². The summed E-state index contributed by atoms with van der Waals surface area (Å²) in [7, 11) is 3.78. The molecule has 0 radical (unpaired) electrons. The van der Waals surface area contributed by atoms with Gasteiger partial charge in [0.05, 0.1) is 25.9 Å². The predicted octanol–water partition coefficient (Wildman–Crippen LogP) is 1.38. The summed E-state index contributed by atoms with van der Waals surface area (Å²) in [5.41, 5.74) is 0.246. The zero-order valence-corrected chi connectivity index (χ0v) is 11.5. The first-order valence-electron chi connectivity index (χ1n) is 6.79. The van der Waals surface area contributed by atoms with Crippen molar-refractivity contribution in [2.24, 2.45) is 0 Å². The van der Waals surface area contributed by atoms with Crippen LogP contribution in [-0.4, -0.2) is 49.5 Å². The van der Waals surface area contributed by atoms with E-state index in [1.165, 1.54) is 0 Å². The number of morpholine rings is 1. The van der Waals surface area contributed by atoms with Gasteiger partial charge in [0.25, 0.3) is 0 Å². The summed E-state index contributed by atoms with van der Waals surface area (Å²) in [6.07, 6.45) is 1.46. The number of aliphatic hydroxyl groups is 1. The van der Waals surface area contributed by atoms with E-state index in [1.807, 2.05) is 24.3 Å². The molecule has 4 nitrogen and oxygen atoms in total. The highest BCUT2D eigenvalue weighted by atomic mass is 16.5. The van der Waals surface area contributed by atoms with Crippen LogP contribution >= 0.6 is 0 Å². The van der Waals surface area contributed by atoms with Gasteiger partial charge < -0.3 is 14.6 Å². The highest BCUT2D eigenvalue weighted by molar-refractivity contribution is 5.31. The number of ether oxygens (including phenoxy) is 2. The Morgan fingerprint density at radius 3 is 2.32 bits per heavy atom. The molecule has 104 valence electrons. The van der Waals surface area contributed by atoms with E-state index in [9.17, 15) is 5.11 Å². The van der Waals surface area contributed by atoms with E-state index in [-0.39, 0.29) is 0 Å². The van der Waals surface area contributed by atoms with Gasteiger partial charge in [-0.3, -0.25) is 4.90 Å². The van der Waals surface area contributed by atoms with Gasteiger partial charge in [0.1, 0.15) is 5.75 Å². The van der Waals surface area contributed by atoms with Crippen LogP contribution in [0.1, 0.15) is 18.4 Å². The molecule has 4 heteroatoms. The zero-order valence-electron chi connectivity index (χ0n) is 11.5. The van der Waals surface area contributed by atoms with Crippen LogP contribution in [0.2, 0.25) is 0 Å². The van der Waals surface area contributed by atoms with Crippen LogP contribution in [0.15, 0.2) is 24.3 Å². The fourth-order valence-corrected chi connectivity index (χ4v) is 3.28. The van der Waals surface area contributed by atoms with Crippen molar-refractivity contribution in [2.75, 3.05) is 27.4 Å². The Bertz CT molecular complexity index is 431. The van der Waals surface area contributed by atoms with Crippen molar-refractivity contribution in [3.63, 3.8) is 0 Å². The Hall–Kier alpha value is -1.10. The van der Waals surface area contributed by atoms with E-state index in [4.69, 9.17) is 9.47 Å². The molecule has 2 bridgehead atoms. The molecule has 0 aliphatic carbocycles. The fourth-order valence-electron chi connectivity index (χ4n) is 3.28. The van der Waals surface area contributed by atoms with E-state index in [1.54, 1.807) is 7.11 Å². The normalized spacial score (nSPS) is 35.1. The second-order valence-corrected chi connectivity index (χ2v) is 5.68. The lowest BCUT2D eigenvalue weighted by atomic mass is 9.77. The maximum atomic E-state index is 11.0. The summed E-state index contributed by atoms with van der Waals surface area (Å²) in [4.78, 5) is 2.35.